The molecule has 0 aliphatic carbocycles. The number of carbonyl (C=O) groups is 2. The van der Waals surface area contributed by atoms with Crippen LogP contribution >= 0.6 is 12.4 Å². The number of amides is 2. The summed E-state index contributed by atoms with van der Waals surface area (Å²) in [6.07, 6.45) is 2.11. The highest BCUT2D eigenvalue weighted by atomic mass is 35.5. The fourth-order valence-electron chi connectivity index (χ4n) is 3.41. The van der Waals surface area contributed by atoms with Crippen LogP contribution in [0, 0.1) is 11.8 Å². The fourth-order valence-corrected chi connectivity index (χ4v) is 3.41. The van der Waals surface area contributed by atoms with Crippen LogP contribution in [-0.2, 0) is 0 Å². The molecule has 3 rings (SSSR count). The maximum atomic E-state index is 12.6. The van der Waals surface area contributed by atoms with Gasteiger partial charge in [-0.15, -0.1) is 12.4 Å². The molecule has 1 aromatic rings. The Bertz CT molecular complexity index is 550. The van der Waals surface area contributed by atoms with E-state index < -0.39 is 5.91 Å². The van der Waals surface area contributed by atoms with Crippen molar-refractivity contribution < 1.29 is 9.59 Å². The molecular formula is C16H22ClN3O2. The van der Waals surface area contributed by atoms with Gasteiger partial charge in [-0.1, -0.05) is 6.07 Å². The topological polar surface area (TPSA) is 75.4 Å². The summed E-state index contributed by atoms with van der Waals surface area (Å²) in [5, 5.41) is 3.43. The minimum Gasteiger partial charge on any atom is -0.366 e. The van der Waals surface area contributed by atoms with Crippen molar-refractivity contribution in [3.8, 4) is 0 Å². The third kappa shape index (κ3) is 3.42. The number of rotatable bonds is 2. The van der Waals surface area contributed by atoms with Crippen LogP contribution in [0.5, 0.6) is 0 Å². The summed E-state index contributed by atoms with van der Waals surface area (Å²) in [5.41, 5.74) is 6.22. The molecule has 2 aliphatic heterocycles. The van der Waals surface area contributed by atoms with Gasteiger partial charge >= 0.3 is 0 Å². The molecule has 2 aliphatic rings. The first-order valence-corrected chi connectivity index (χ1v) is 7.55. The highest BCUT2D eigenvalue weighted by molar-refractivity contribution is 5.99. The average Bonchev–Trinajstić information content (AvgIpc) is 2.85. The summed E-state index contributed by atoms with van der Waals surface area (Å²) in [6, 6.07) is 6.70. The summed E-state index contributed by atoms with van der Waals surface area (Å²) in [5.74, 6) is 0.895. The molecule has 0 aromatic heterocycles. The molecule has 0 unspecified atom stereocenters. The van der Waals surface area contributed by atoms with Gasteiger partial charge in [0.25, 0.3) is 5.91 Å². The Hall–Kier alpha value is -1.59. The summed E-state index contributed by atoms with van der Waals surface area (Å²) < 4.78 is 0. The van der Waals surface area contributed by atoms with Crippen LogP contribution in [0.3, 0.4) is 0 Å². The fraction of sp³-hybridized carbons (Fsp3) is 0.500. The van der Waals surface area contributed by atoms with E-state index >= 15 is 0 Å². The molecule has 2 heterocycles. The summed E-state index contributed by atoms with van der Waals surface area (Å²) >= 11 is 0. The second-order valence-corrected chi connectivity index (χ2v) is 5.99. The predicted octanol–water partition coefficient (Wildman–Crippen LogP) is 1.28. The van der Waals surface area contributed by atoms with Crippen LogP contribution in [0.15, 0.2) is 24.3 Å². The Balaban J connectivity index is 0.00000176. The molecule has 3 N–H and O–H groups in total. The quantitative estimate of drug-likeness (QED) is 0.861. The van der Waals surface area contributed by atoms with Gasteiger partial charge in [0.2, 0.25) is 5.91 Å². The van der Waals surface area contributed by atoms with Gasteiger partial charge in [-0.3, -0.25) is 9.59 Å². The average molecular weight is 324 g/mol. The summed E-state index contributed by atoms with van der Waals surface area (Å²) in [7, 11) is 0. The first-order valence-electron chi connectivity index (χ1n) is 7.55. The maximum absolute atomic E-state index is 12.6. The molecular weight excluding hydrogens is 302 g/mol. The van der Waals surface area contributed by atoms with Gasteiger partial charge in [-0.2, -0.15) is 0 Å². The third-order valence-corrected chi connectivity index (χ3v) is 4.70. The lowest BCUT2D eigenvalue weighted by molar-refractivity contribution is 0.0758. The van der Waals surface area contributed by atoms with Crippen molar-refractivity contribution in [2.45, 2.75) is 12.8 Å². The largest absolute Gasteiger partial charge is 0.366 e. The molecule has 6 heteroatoms. The smallest absolute Gasteiger partial charge is 0.253 e. The van der Waals surface area contributed by atoms with E-state index in [0.29, 0.717) is 23.0 Å². The van der Waals surface area contributed by atoms with E-state index in [0.717, 1.165) is 39.0 Å². The first-order chi connectivity index (χ1) is 10.1. The first kappa shape index (κ1) is 16.8. The number of primary amides is 1. The van der Waals surface area contributed by atoms with Crippen LogP contribution in [-0.4, -0.2) is 42.9 Å². The van der Waals surface area contributed by atoms with Crippen molar-refractivity contribution in [2.75, 3.05) is 26.2 Å². The van der Waals surface area contributed by atoms with Crippen molar-refractivity contribution in [3.63, 3.8) is 0 Å². The number of likely N-dealkylation sites (tertiary alicyclic amines) is 1. The molecule has 2 saturated heterocycles. The Morgan fingerprint density at radius 2 is 1.68 bits per heavy atom. The van der Waals surface area contributed by atoms with E-state index in [1.165, 1.54) is 0 Å². The van der Waals surface area contributed by atoms with Crippen LogP contribution in [0.2, 0.25) is 0 Å². The number of halogens is 1. The Kier molecular flexibility index (Phi) is 5.42. The van der Waals surface area contributed by atoms with Gasteiger partial charge < -0.3 is 16.0 Å². The van der Waals surface area contributed by atoms with E-state index in [1.807, 2.05) is 4.90 Å². The number of hydrogen-bond acceptors (Lipinski definition) is 3. The predicted molar refractivity (Wildman–Crippen MR) is 87.2 cm³/mol. The SMILES string of the molecule is Cl.NC(=O)c1cccc(C(=O)N2CC[C@@H]3CNC[C@@H]3CC2)c1. The Morgan fingerprint density at radius 3 is 2.27 bits per heavy atom. The monoisotopic (exact) mass is 323 g/mol. The Labute approximate surface area is 136 Å². The summed E-state index contributed by atoms with van der Waals surface area (Å²) in [4.78, 5) is 25.8. The van der Waals surface area contributed by atoms with Gasteiger partial charge in [0.1, 0.15) is 0 Å². The maximum Gasteiger partial charge on any atom is 0.253 e. The van der Waals surface area contributed by atoms with Crippen LogP contribution in [0.25, 0.3) is 0 Å². The van der Waals surface area contributed by atoms with Crippen molar-refractivity contribution in [1.29, 1.82) is 0 Å². The highest BCUT2D eigenvalue weighted by Crippen LogP contribution is 2.27. The number of hydrogen-bond donors (Lipinski definition) is 2. The third-order valence-electron chi connectivity index (χ3n) is 4.70. The van der Waals surface area contributed by atoms with Crippen LogP contribution in [0.1, 0.15) is 33.6 Å². The molecule has 0 saturated carbocycles. The van der Waals surface area contributed by atoms with Gasteiger partial charge in [0.15, 0.2) is 0 Å². The lowest BCUT2D eigenvalue weighted by atomic mass is 9.92. The van der Waals surface area contributed by atoms with Gasteiger partial charge in [-0.25, -0.2) is 0 Å². The van der Waals surface area contributed by atoms with E-state index in [2.05, 4.69) is 5.32 Å². The van der Waals surface area contributed by atoms with Crippen LogP contribution < -0.4 is 11.1 Å². The second-order valence-electron chi connectivity index (χ2n) is 5.99. The number of nitrogens with two attached hydrogens (primary N) is 1. The number of carbonyl (C=O) groups excluding carboxylic acids is 2. The zero-order valence-corrected chi connectivity index (χ0v) is 13.3. The molecule has 0 bridgehead atoms. The normalized spacial score (nSPS) is 24.1. The Morgan fingerprint density at radius 1 is 1.09 bits per heavy atom. The van der Waals surface area contributed by atoms with E-state index in [4.69, 9.17) is 5.73 Å². The minimum atomic E-state index is -0.499. The van der Waals surface area contributed by atoms with Crippen molar-refractivity contribution in [2.24, 2.45) is 17.6 Å². The lowest BCUT2D eigenvalue weighted by Crippen LogP contribution is -2.33. The number of benzene rings is 1. The van der Waals surface area contributed by atoms with E-state index in [-0.39, 0.29) is 18.3 Å². The molecule has 2 amide bonds. The highest BCUT2D eigenvalue weighted by Gasteiger charge is 2.31. The number of nitrogens with one attached hydrogen (secondary N) is 1. The molecule has 22 heavy (non-hydrogen) atoms. The van der Waals surface area contributed by atoms with Gasteiger partial charge in [-0.05, 0) is 56.0 Å². The lowest BCUT2D eigenvalue weighted by Gasteiger charge is -2.21. The molecule has 0 radical (unpaired) electrons. The second kappa shape index (κ2) is 7.11. The van der Waals surface area contributed by atoms with Crippen LogP contribution in [0.4, 0.5) is 0 Å². The zero-order chi connectivity index (χ0) is 14.8. The van der Waals surface area contributed by atoms with Crippen molar-refractivity contribution in [1.82, 2.24) is 10.2 Å². The molecule has 2 fully saturated rings. The molecule has 2 atom stereocenters. The molecule has 0 spiro atoms. The van der Waals surface area contributed by atoms with Crippen molar-refractivity contribution >= 4 is 24.2 Å². The standard InChI is InChI=1S/C16H21N3O2.ClH/c17-15(20)11-2-1-3-12(8-11)16(21)19-6-4-13-9-18-10-14(13)5-7-19;/h1-3,8,13-14,18H,4-7,9-10H2,(H2,17,20);1H/t13-,14+;. The summed E-state index contributed by atoms with van der Waals surface area (Å²) in [6.45, 7) is 3.73. The number of nitrogens with zero attached hydrogens (tertiary/aromatic N) is 1. The minimum absolute atomic E-state index is 0. The van der Waals surface area contributed by atoms with E-state index in [1.54, 1.807) is 24.3 Å². The van der Waals surface area contributed by atoms with E-state index in [9.17, 15) is 9.59 Å². The zero-order valence-electron chi connectivity index (χ0n) is 12.5. The van der Waals surface area contributed by atoms with Gasteiger partial charge in [0, 0.05) is 24.2 Å². The molecule has 120 valence electrons. The molecule has 1 aromatic carbocycles. The number of fused-ring (bicyclic) bond motifs is 1. The van der Waals surface area contributed by atoms with Crippen molar-refractivity contribution in [3.05, 3.63) is 35.4 Å². The molecule has 5 nitrogen and oxygen atoms in total. The van der Waals surface area contributed by atoms with Gasteiger partial charge in [0.05, 0.1) is 0 Å².